The van der Waals surface area contributed by atoms with Gasteiger partial charge in [0.25, 0.3) is 0 Å². The Morgan fingerprint density at radius 2 is 1.95 bits per heavy atom. The first-order valence-corrected chi connectivity index (χ1v) is 7.89. The lowest BCUT2D eigenvalue weighted by Gasteiger charge is -2.18. The van der Waals surface area contributed by atoms with E-state index in [0.717, 1.165) is 20.2 Å². The Bertz CT molecular complexity index is 680. The first-order chi connectivity index (χ1) is 9.51. The molecule has 1 N–H and O–H groups in total. The first-order valence-electron chi connectivity index (χ1n) is 5.92. The van der Waals surface area contributed by atoms with Crippen molar-refractivity contribution < 1.29 is 0 Å². The molecule has 5 heteroatoms. The van der Waals surface area contributed by atoms with Crippen LogP contribution >= 0.6 is 43.5 Å². The summed E-state index contributed by atoms with van der Waals surface area (Å²) in [5.41, 5.74) is 2.50. The molecule has 0 radical (unpaired) electrons. The molecule has 0 aliphatic rings. The molecule has 2 aromatic rings. The molecule has 2 nitrogen and oxygen atoms in total. The van der Waals surface area contributed by atoms with E-state index in [1.807, 2.05) is 24.3 Å². The van der Waals surface area contributed by atoms with Gasteiger partial charge < -0.3 is 5.32 Å². The molecule has 0 aliphatic heterocycles. The average molecular weight is 415 g/mol. The lowest BCUT2D eigenvalue weighted by atomic mass is 10.1. The molecule has 0 amide bonds. The minimum Gasteiger partial charge on any atom is -0.377 e. The van der Waals surface area contributed by atoms with Gasteiger partial charge in [-0.1, -0.05) is 49.5 Å². The number of nitriles is 1. The maximum atomic E-state index is 8.84. The van der Waals surface area contributed by atoms with Crippen molar-refractivity contribution in [3.05, 3.63) is 61.5 Å². The normalized spacial score (nSPS) is 11.8. The zero-order valence-electron chi connectivity index (χ0n) is 10.6. The van der Waals surface area contributed by atoms with Crippen molar-refractivity contribution in [3.63, 3.8) is 0 Å². The van der Waals surface area contributed by atoms with Gasteiger partial charge in [0.15, 0.2) is 0 Å². The summed E-state index contributed by atoms with van der Waals surface area (Å²) in [6, 6.07) is 13.4. The molecule has 102 valence electrons. The zero-order chi connectivity index (χ0) is 14.7. The molecule has 2 aromatic carbocycles. The molecular weight excluding hydrogens is 403 g/mol. The van der Waals surface area contributed by atoms with Gasteiger partial charge in [-0.15, -0.1) is 0 Å². The number of anilines is 1. The van der Waals surface area contributed by atoms with E-state index in [9.17, 15) is 0 Å². The van der Waals surface area contributed by atoms with E-state index < -0.39 is 0 Å². The van der Waals surface area contributed by atoms with E-state index in [1.165, 1.54) is 0 Å². The third-order valence-electron chi connectivity index (χ3n) is 2.90. The van der Waals surface area contributed by atoms with Crippen molar-refractivity contribution in [2.45, 2.75) is 13.0 Å². The average Bonchev–Trinajstić information content (AvgIpc) is 2.40. The fourth-order valence-corrected chi connectivity index (χ4v) is 3.49. The van der Waals surface area contributed by atoms with Gasteiger partial charge in [-0.05, 0) is 42.8 Å². The van der Waals surface area contributed by atoms with Gasteiger partial charge in [-0.3, -0.25) is 0 Å². The van der Waals surface area contributed by atoms with Crippen molar-refractivity contribution in [2.75, 3.05) is 5.32 Å². The zero-order valence-corrected chi connectivity index (χ0v) is 14.6. The summed E-state index contributed by atoms with van der Waals surface area (Å²) in [6.07, 6.45) is 0. The van der Waals surface area contributed by atoms with Crippen LogP contribution in [0.1, 0.15) is 24.1 Å². The SMILES string of the molecule is CC(Nc1ccc(C#N)cc1Cl)c1ccc(Br)cc1Br. The molecular formula is C15H11Br2ClN2. The van der Waals surface area contributed by atoms with Crippen molar-refractivity contribution in [1.82, 2.24) is 0 Å². The number of nitrogens with zero attached hydrogens (tertiary/aromatic N) is 1. The van der Waals surface area contributed by atoms with Crippen LogP contribution in [0.15, 0.2) is 45.3 Å². The number of nitrogens with one attached hydrogen (secondary N) is 1. The Hall–Kier alpha value is -1.02. The van der Waals surface area contributed by atoms with Gasteiger partial charge in [0, 0.05) is 15.0 Å². The van der Waals surface area contributed by atoms with Gasteiger partial charge in [0.2, 0.25) is 0 Å². The summed E-state index contributed by atoms with van der Waals surface area (Å²) in [5, 5.41) is 12.7. The third kappa shape index (κ3) is 3.54. The van der Waals surface area contributed by atoms with E-state index in [-0.39, 0.29) is 6.04 Å². The molecule has 2 rings (SSSR count). The monoisotopic (exact) mass is 412 g/mol. The van der Waals surface area contributed by atoms with E-state index in [0.29, 0.717) is 10.6 Å². The van der Waals surface area contributed by atoms with Gasteiger partial charge in [0.1, 0.15) is 0 Å². The van der Waals surface area contributed by atoms with Gasteiger partial charge in [0.05, 0.1) is 22.3 Å². The van der Waals surface area contributed by atoms with Crippen molar-refractivity contribution in [1.29, 1.82) is 5.26 Å². The molecule has 0 heterocycles. The van der Waals surface area contributed by atoms with Crippen LogP contribution < -0.4 is 5.32 Å². The molecule has 0 saturated heterocycles. The van der Waals surface area contributed by atoms with Crippen molar-refractivity contribution in [2.24, 2.45) is 0 Å². The van der Waals surface area contributed by atoms with Crippen LogP contribution in [-0.4, -0.2) is 0 Å². The van der Waals surface area contributed by atoms with Crippen LogP contribution in [0.3, 0.4) is 0 Å². The smallest absolute Gasteiger partial charge is 0.0992 e. The summed E-state index contributed by atoms with van der Waals surface area (Å²) >= 11 is 13.2. The van der Waals surface area contributed by atoms with Crippen LogP contribution in [0.2, 0.25) is 5.02 Å². The molecule has 0 saturated carbocycles. The minimum absolute atomic E-state index is 0.0860. The second kappa shape index (κ2) is 6.62. The van der Waals surface area contributed by atoms with E-state index >= 15 is 0 Å². The largest absolute Gasteiger partial charge is 0.377 e. The second-order valence-corrected chi connectivity index (χ2v) is 6.52. The Morgan fingerprint density at radius 1 is 1.20 bits per heavy atom. The summed E-state index contributed by atoms with van der Waals surface area (Å²) in [4.78, 5) is 0. The predicted octanol–water partition coefficient (Wildman–Crippen LogP) is 5.91. The minimum atomic E-state index is 0.0860. The summed E-state index contributed by atoms with van der Waals surface area (Å²) < 4.78 is 2.05. The molecule has 0 aromatic heterocycles. The third-order valence-corrected chi connectivity index (χ3v) is 4.39. The number of hydrogen-bond donors (Lipinski definition) is 1. The van der Waals surface area contributed by atoms with Crippen LogP contribution in [0.4, 0.5) is 5.69 Å². The molecule has 0 fully saturated rings. The molecule has 1 unspecified atom stereocenters. The Labute approximate surface area is 140 Å². The summed E-state index contributed by atoms with van der Waals surface area (Å²) in [7, 11) is 0. The second-order valence-electron chi connectivity index (χ2n) is 4.34. The first kappa shape index (κ1) is 15.4. The fourth-order valence-electron chi connectivity index (χ4n) is 1.87. The lowest BCUT2D eigenvalue weighted by molar-refractivity contribution is 0.878. The van der Waals surface area contributed by atoms with E-state index in [1.54, 1.807) is 12.1 Å². The standard InChI is InChI=1S/C15H11Br2ClN2/c1-9(12-4-3-11(16)7-13(12)17)20-15-5-2-10(8-19)6-14(15)18/h2-7,9,20H,1H3. The number of hydrogen-bond acceptors (Lipinski definition) is 2. The van der Waals surface area contributed by atoms with Gasteiger partial charge >= 0.3 is 0 Å². The Balaban J connectivity index is 2.23. The van der Waals surface area contributed by atoms with Crippen LogP contribution in [0, 0.1) is 11.3 Å². The maximum absolute atomic E-state index is 8.84. The molecule has 0 bridgehead atoms. The topological polar surface area (TPSA) is 35.8 Å². The maximum Gasteiger partial charge on any atom is 0.0992 e. The van der Waals surface area contributed by atoms with Crippen LogP contribution in [0.25, 0.3) is 0 Å². The highest BCUT2D eigenvalue weighted by Gasteiger charge is 2.11. The highest BCUT2D eigenvalue weighted by molar-refractivity contribution is 9.11. The summed E-state index contributed by atoms with van der Waals surface area (Å²) in [5.74, 6) is 0. The number of benzene rings is 2. The Kier molecular flexibility index (Phi) is 5.09. The van der Waals surface area contributed by atoms with Gasteiger partial charge in [-0.25, -0.2) is 0 Å². The molecule has 0 spiro atoms. The summed E-state index contributed by atoms with van der Waals surface area (Å²) in [6.45, 7) is 2.06. The lowest BCUT2D eigenvalue weighted by Crippen LogP contribution is -2.07. The predicted molar refractivity (Wildman–Crippen MR) is 90.0 cm³/mol. The molecule has 1 atom stereocenters. The van der Waals surface area contributed by atoms with E-state index in [2.05, 4.69) is 50.2 Å². The number of halogens is 3. The quantitative estimate of drug-likeness (QED) is 0.678. The molecule has 20 heavy (non-hydrogen) atoms. The van der Waals surface area contributed by atoms with Crippen molar-refractivity contribution in [3.8, 4) is 6.07 Å². The Morgan fingerprint density at radius 3 is 2.55 bits per heavy atom. The van der Waals surface area contributed by atoms with Crippen LogP contribution in [0.5, 0.6) is 0 Å². The highest BCUT2D eigenvalue weighted by Crippen LogP contribution is 2.31. The van der Waals surface area contributed by atoms with Gasteiger partial charge in [-0.2, -0.15) is 5.26 Å². The fraction of sp³-hybridized carbons (Fsp3) is 0.133. The van der Waals surface area contributed by atoms with E-state index in [4.69, 9.17) is 16.9 Å². The highest BCUT2D eigenvalue weighted by atomic mass is 79.9. The number of rotatable bonds is 3. The molecule has 0 aliphatic carbocycles. The van der Waals surface area contributed by atoms with Crippen LogP contribution in [-0.2, 0) is 0 Å². The van der Waals surface area contributed by atoms with Crippen molar-refractivity contribution >= 4 is 49.1 Å².